The van der Waals surface area contributed by atoms with Crippen LogP contribution < -0.4 is 19.5 Å². The third-order valence-corrected chi connectivity index (χ3v) is 6.43. The second-order valence-electron chi connectivity index (χ2n) is 5.05. The van der Waals surface area contributed by atoms with E-state index in [1.54, 1.807) is 4.72 Å². The van der Waals surface area contributed by atoms with Crippen molar-refractivity contribution >= 4 is 61.4 Å². The normalized spacial score (nSPS) is 11.1. The predicted molar refractivity (Wildman–Crippen MR) is 104 cm³/mol. The number of aromatic nitrogens is 3. The number of urea groups is 1. The van der Waals surface area contributed by atoms with Gasteiger partial charge in [-0.05, 0) is 12.1 Å². The molecular weight excluding hydrogens is 437 g/mol. The van der Waals surface area contributed by atoms with Crippen molar-refractivity contribution in [3.8, 4) is 11.8 Å². The van der Waals surface area contributed by atoms with E-state index in [2.05, 4.69) is 20.3 Å². The van der Waals surface area contributed by atoms with Crippen LogP contribution in [0.15, 0.2) is 34.3 Å². The molecule has 29 heavy (non-hydrogen) atoms. The number of methoxy groups -OCH3 is 2. The van der Waals surface area contributed by atoms with Crippen LogP contribution in [0.2, 0.25) is 0 Å². The van der Waals surface area contributed by atoms with Gasteiger partial charge < -0.3 is 9.47 Å². The van der Waals surface area contributed by atoms with E-state index >= 15 is 0 Å². The summed E-state index contributed by atoms with van der Waals surface area (Å²) in [5.74, 6) is -0.520. The molecule has 0 fully saturated rings. The fraction of sp³-hybridized carbons (Fsp3) is 0.286. The molecule has 0 aliphatic heterocycles. The fourth-order valence-corrected chi connectivity index (χ4v) is 4.49. The average molecular weight is 455 g/mol. The quantitative estimate of drug-likeness (QED) is 0.522. The summed E-state index contributed by atoms with van der Waals surface area (Å²) in [5.41, 5.74) is 0. The van der Waals surface area contributed by atoms with E-state index in [4.69, 9.17) is 9.47 Å². The van der Waals surface area contributed by atoms with Gasteiger partial charge in [0.15, 0.2) is 14.9 Å². The molecule has 2 rings (SSSR count). The van der Waals surface area contributed by atoms with Gasteiger partial charge in [0.05, 0.1) is 26.0 Å². The van der Waals surface area contributed by atoms with E-state index in [1.165, 1.54) is 33.3 Å². The summed E-state index contributed by atoms with van der Waals surface area (Å²) in [4.78, 5) is 22.8. The predicted octanol–water partition coefficient (Wildman–Crippen LogP) is -0.456. The van der Waals surface area contributed by atoms with Gasteiger partial charge in [-0.1, -0.05) is 6.92 Å². The Hall–Kier alpha value is -2.00. The van der Waals surface area contributed by atoms with E-state index in [0.29, 0.717) is 0 Å². The molecule has 2 aromatic rings. The first-order valence-electron chi connectivity index (χ1n) is 7.61. The molecule has 0 atom stereocenters. The molecule has 0 aromatic carbocycles. The molecule has 0 unspecified atom stereocenters. The molecule has 0 aliphatic rings. The van der Waals surface area contributed by atoms with Gasteiger partial charge in [-0.3, -0.25) is 5.32 Å². The zero-order valence-electron chi connectivity index (χ0n) is 15.0. The maximum absolute atomic E-state index is 12.5. The summed E-state index contributed by atoms with van der Waals surface area (Å²) in [6.07, 6.45) is 1.09. The Labute approximate surface area is 189 Å². The second kappa shape index (κ2) is 10.2. The summed E-state index contributed by atoms with van der Waals surface area (Å²) >= 11 is 0. The number of sulfonamides is 1. The number of anilines is 1. The van der Waals surface area contributed by atoms with Crippen LogP contribution >= 0.6 is 0 Å². The molecule has 154 valence electrons. The van der Waals surface area contributed by atoms with E-state index < -0.39 is 35.8 Å². The zero-order valence-corrected chi connectivity index (χ0v) is 16.7. The summed E-state index contributed by atoms with van der Waals surface area (Å²) in [7, 11) is -5.85. The average Bonchev–Trinajstić information content (AvgIpc) is 2.67. The minimum atomic E-state index is -4.61. The molecule has 0 spiro atoms. The number of hydrogen-bond donors (Lipinski definition) is 2. The van der Waals surface area contributed by atoms with Crippen molar-refractivity contribution in [2.45, 2.75) is 16.8 Å². The fourth-order valence-electron chi connectivity index (χ4n) is 1.94. The van der Waals surface area contributed by atoms with Crippen molar-refractivity contribution in [3.63, 3.8) is 0 Å². The van der Waals surface area contributed by atoms with Gasteiger partial charge in [-0.2, -0.15) is 18.4 Å². The van der Waals surface area contributed by atoms with Gasteiger partial charge in [-0.15, -0.1) is 0 Å². The first-order valence-corrected chi connectivity index (χ1v) is 10.7. The summed E-state index contributed by atoms with van der Waals surface area (Å²) < 4.78 is 60.7. The molecule has 0 radical (unpaired) electrons. The van der Waals surface area contributed by atoms with Crippen LogP contribution in [0.3, 0.4) is 0 Å². The Morgan fingerprint density at radius 2 is 1.69 bits per heavy atom. The molecule has 0 aliphatic carbocycles. The molecule has 0 saturated carbocycles. The van der Waals surface area contributed by atoms with E-state index in [9.17, 15) is 21.6 Å². The van der Waals surface area contributed by atoms with Crippen LogP contribution in [0.1, 0.15) is 6.92 Å². The monoisotopic (exact) mass is 455 g/mol. The van der Waals surface area contributed by atoms with Crippen molar-refractivity contribution < 1.29 is 31.1 Å². The van der Waals surface area contributed by atoms with Gasteiger partial charge in [0.2, 0.25) is 17.7 Å². The minimum absolute atomic E-state index is 0. The third kappa shape index (κ3) is 6.24. The number of amides is 2. The van der Waals surface area contributed by atoms with Crippen LogP contribution in [0.5, 0.6) is 11.8 Å². The molecule has 2 aromatic heterocycles. The molecule has 2 amide bonds. The molecule has 2 heterocycles. The first kappa shape index (κ1) is 25.0. The Bertz CT molecular complexity index is 1070. The van der Waals surface area contributed by atoms with Gasteiger partial charge in [0, 0.05) is 6.20 Å². The van der Waals surface area contributed by atoms with Crippen molar-refractivity contribution in [1.29, 1.82) is 0 Å². The number of nitrogens with one attached hydrogen (secondary N) is 2. The van der Waals surface area contributed by atoms with Crippen molar-refractivity contribution in [3.05, 3.63) is 24.4 Å². The number of nitrogens with zero attached hydrogens (tertiary/aromatic N) is 3. The van der Waals surface area contributed by atoms with Crippen molar-refractivity contribution in [1.82, 2.24) is 19.7 Å². The molecule has 0 bridgehead atoms. The SMILES string of the molecule is CCS(=O)(=O)c1cccnc1S(=O)(=O)NC(=O)Nc1nc(OC)cc(OC)n1.[NaH]. The Kier molecular flexibility index (Phi) is 8.77. The van der Waals surface area contributed by atoms with Crippen LogP contribution in [0, 0.1) is 0 Å². The number of pyridine rings is 1. The van der Waals surface area contributed by atoms with Gasteiger partial charge >= 0.3 is 35.6 Å². The van der Waals surface area contributed by atoms with Gasteiger partial charge in [-0.25, -0.2) is 22.9 Å². The van der Waals surface area contributed by atoms with Gasteiger partial charge in [0.1, 0.15) is 4.90 Å². The van der Waals surface area contributed by atoms with Crippen LogP contribution in [-0.2, 0) is 19.9 Å². The standard InChI is InChI=1S/C14H17N5O7S2.Na.H/c1-4-27(21,22)9-6-5-7-15-12(9)28(23,24)19-14(20)18-13-16-10(25-2)8-11(17-13)26-3;;/h5-8H,4H2,1-3H3,(H2,16,17,18,19,20);;. The van der Waals surface area contributed by atoms with Crippen LogP contribution in [0.25, 0.3) is 0 Å². The number of carbonyl (C=O) groups is 1. The van der Waals surface area contributed by atoms with E-state index in [-0.39, 0.29) is 53.0 Å². The molecule has 12 nitrogen and oxygen atoms in total. The Morgan fingerprint density at radius 3 is 2.21 bits per heavy atom. The molecule has 2 N–H and O–H groups in total. The first-order chi connectivity index (χ1) is 13.1. The maximum atomic E-state index is 12.5. The number of rotatable bonds is 7. The van der Waals surface area contributed by atoms with Crippen LogP contribution in [0.4, 0.5) is 10.7 Å². The Balaban J connectivity index is 0.00000420. The topological polar surface area (TPSA) is 167 Å². The molecule has 0 saturated heterocycles. The summed E-state index contributed by atoms with van der Waals surface area (Å²) in [6.45, 7) is 1.35. The van der Waals surface area contributed by atoms with Crippen molar-refractivity contribution in [2.24, 2.45) is 0 Å². The number of carbonyl (C=O) groups excluding carboxylic acids is 1. The summed E-state index contributed by atoms with van der Waals surface area (Å²) in [6, 6.07) is 2.47. The summed E-state index contributed by atoms with van der Waals surface area (Å²) in [5, 5.41) is 1.31. The number of hydrogen-bond acceptors (Lipinski definition) is 10. The third-order valence-electron chi connectivity index (χ3n) is 3.26. The number of ether oxygens (including phenoxy) is 2. The van der Waals surface area contributed by atoms with E-state index in [0.717, 1.165) is 12.3 Å². The van der Waals surface area contributed by atoms with E-state index in [1.807, 2.05) is 0 Å². The van der Waals surface area contributed by atoms with Crippen LogP contribution in [-0.4, -0.2) is 87.3 Å². The molecule has 15 heteroatoms. The Morgan fingerprint density at radius 1 is 1.10 bits per heavy atom. The second-order valence-corrected chi connectivity index (χ2v) is 8.89. The number of sulfone groups is 1. The van der Waals surface area contributed by atoms with Crippen molar-refractivity contribution in [2.75, 3.05) is 25.3 Å². The molecular formula is C14H18N5NaO7S2. The zero-order chi connectivity index (χ0) is 20.9. The van der Waals surface area contributed by atoms with Gasteiger partial charge in [0.25, 0.3) is 10.0 Å².